The van der Waals surface area contributed by atoms with Gasteiger partial charge in [0.25, 0.3) is 0 Å². The fourth-order valence-electron chi connectivity index (χ4n) is 2.38. The molecule has 0 unspecified atom stereocenters. The summed E-state index contributed by atoms with van der Waals surface area (Å²) in [4.78, 5) is 0. The van der Waals surface area contributed by atoms with E-state index in [-0.39, 0.29) is 0 Å². The molecule has 0 radical (unpaired) electrons. The van der Waals surface area contributed by atoms with Gasteiger partial charge in [-0.2, -0.15) is 13.2 Å². The number of hydrogen-bond donors (Lipinski definition) is 0. The highest BCUT2D eigenvalue weighted by atomic mass is 19.4. The Morgan fingerprint density at radius 3 is 2.36 bits per heavy atom. The van der Waals surface area contributed by atoms with Crippen LogP contribution in [0.2, 0.25) is 0 Å². The van der Waals surface area contributed by atoms with Gasteiger partial charge >= 0.3 is 6.18 Å². The first kappa shape index (κ1) is 14.4. The highest BCUT2D eigenvalue weighted by Crippen LogP contribution is 2.34. The maximum Gasteiger partial charge on any atom is 0.416 e. The van der Waals surface area contributed by atoms with Gasteiger partial charge in [-0.05, 0) is 29.3 Å². The fourth-order valence-corrected chi connectivity index (χ4v) is 2.38. The van der Waals surface area contributed by atoms with Crippen LogP contribution in [0.4, 0.5) is 13.2 Å². The second-order valence-electron chi connectivity index (χ2n) is 5.00. The summed E-state index contributed by atoms with van der Waals surface area (Å²) in [6.07, 6.45) is -2.30. The second kappa shape index (κ2) is 5.72. The summed E-state index contributed by atoms with van der Waals surface area (Å²) in [6, 6.07) is 16.7. The third kappa shape index (κ3) is 3.06. The predicted octanol–water partition coefficient (Wildman–Crippen LogP) is 5.56. The van der Waals surface area contributed by atoms with E-state index in [2.05, 4.69) is 0 Å². The monoisotopic (exact) mass is 302 g/mol. The van der Waals surface area contributed by atoms with Gasteiger partial charge in [0.05, 0.1) is 11.8 Å². The smallest absolute Gasteiger partial charge is 0.416 e. The molecule has 0 saturated heterocycles. The molecular formula is C18H13F3O. The largest absolute Gasteiger partial charge is 0.468 e. The van der Waals surface area contributed by atoms with Crippen LogP contribution in [0.1, 0.15) is 16.9 Å². The van der Waals surface area contributed by atoms with Crippen molar-refractivity contribution in [3.8, 4) is 11.1 Å². The summed E-state index contributed by atoms with van der Waals surface area (Å²) in [5, 5.41) is 0. The van der Waals surface area contributed by atoms with Crippen molar-refractivity contribution in [2.24, 2.45) is 0 Å². The Bertz CT molecular complexity index is 757. The first-order valence-electron chi connectivity index (χ1n) is 6.82. The van der Waals surface area contributed by atoms with Crippen molar-refractivity contribution in [3.05, 3.63) is 83.8 Å². The van der Waals surface area contributed by atoms with Gasteiger partial charge in [-0.25, -0.2) is 0 Å². The zero-order valence-electron chi connectivity index (χ0n) is 11.6. The van der Waals surface area contributed by atoms with E-state index in [1.165, 1.54) is 12.3 Å². The molecule has 1 nitrogen and oxygen atoms in total. The van der Waals surface area contributed by atoms with Crippen LogP contribution in [0.5, 0.6) is 0 Å². The fraction of sp³-hybridized carbons (Fsp3) is 0.111. The average molecular weight is 302 g/mol. The lowest BCUT2D eigenvalue weighted by Crippen LogP contribution is -2.04. The summed E-state index contributed by atoms with van der Waals surface area (Å²) in [5.74, 6) is 0.658. The van der Waals surface area contributed by atoms with Crippen molar-refractivity contribution in [2.45, 2.75) is 12.6 Å². The minimum absolute atomic E-state index is 0.509. The molecule has 4 heteroatoms. The number of furan rings is 1. The number of hydrogen-bond acceptors (Lipinski definition) is 1. The van der Waals surface area contributed by atoms with Crippen LogP contribution in [0.25, 0.3) is 11.1 Å². The van der Waals surface area contributed by atoms with E-state index >= 15 is 0 Å². The molecule has 0 aliphatic carbocycles. The van der Waals surface area contributed by atoms with Crippen molar-refractivity contribution in [1.82, 2.24) is 0 Å². The molecule has 0 atom stereocenters. The highest BCUT2D eigenvalue weighted by molar-refractivity contribution is 5.66. The Morgan fingerprint density at radius 2 is 1.64 bits per heavy atom. The maximum absolute atomic E-state index is 12.8. The normalized spacial score (nSPS) is 11.6. The molecule has 0 saturated carbocycles. The van der Waals surface area contributed by atoms with Crippen molar-refractivity contribution >= 4 is 0 Å². The van der Waals surface area contributed by atoms with Gasteiger partial charge in [-0.1, -0.05) is 42.5 Å². The molecule has 22 heavy (non-hydrogen) atoms. The first-order valence-corrected chi connectivity index (χ1v) is 6.82. The Kier molecular flexibility index (Phi) is 3.75. The summed E-state index contributed by atoms with van der Waals surface area (Å²) >= 11 is 0. The SMILES string of the molecule is FC(F)(F)c1cccc(-c2ccoc2Cc2ccccc2)c1. The number of alkyl halides is 3. The Balaban J connectivity index is 1.95. The lowest BCUT2D eigenvalue weighted by molar-refractivity contribution is -0.137. The van der Waals surface area contributed by atoms with Gasteiger partial charge in [-0.15, -0.1) is 0 Å². The molecule has 0 amide bonds. The van der Waals surface area contributed by atoms with Gasteiger partial charge in [0.1, 0.15) is 5.76 Å². The van der Waals surface area contributed by atoms with E-state index in [1.807, 2.05) is 30.3 Å². The number of rotatable bonds is 3. The molecule has 3 aromatic rings. The number of benzene rings is 2. The lowest BCUT2D eigenvalue weighted by atomic mass is 10.0. The van der Waals surface area contributed by atoms with Gasteiger partial charge < -0.3 is 4.42 Å². The highest BCUT2D eigenvalue weighted by Gasteiger charge is 2.30. The van der Waals surface area contributed by atoms with Crippen molar-refractivity contribution < 1.29 is 17.6 Å². The molecule has 0 bridgehead atoms. The van der Waals surface area contributed by atoms with E-state index in [4.69, 9.17) is 4.42 Å². The van der Waals surface area contributed by atoms with E-state index in [9.17, 15) is 13.2 Å². The molecule has 3 rings (SSSR count). The van der Waals surface area contributed by atoms with Crippen LogP contribution in [0, 0.1) is 0 Å². The zero-order chi connectivity index (χ0) is 15.6. The van der Waals surface area contributed by atoms with Crippen LogP contribution >= 0.6 is 0 Å². The van der Waals surface area contributed by atoms with Gasteiger partial charge in [0.2, 0.25) is 0 Å². The van der Waals surface area contributed by atoms with Crippen molar-refractivity contribution in [2.75, 3.05) is 0 Å². The molecule has 1 heterocycles. The third-order valence-electron chi connectivity index (χ3n) is 3.45. The van der Waals surface area contributed by atoms with E-state index in [0.29, 0.717) is 23.3 Å². The van der Waals surface area contributed by atoms with Crippen molar-refractivity contribution in [1.29, 1.82) is 0 Å². The van der Waals surface area contributed by atoms with Gasteiger partial charge in [-0.3, -0.25) is 0 Å². The van der Waals surface area contributed by atoms with E-state index in [1.54, 1.807) is 12.1 Å². The Labute approximate surface area is 126 Å². The summed E-state index contributed by atoms with van der Waals surface area (Å²) in [6.45, 7) is 0. The summed E-state index contributed by atoms with van der Waals surface area (Å²) in [5.41, 5.74) is 1.59. The topological polar surface area (TPSA) is 13.1 Å². The first-order chi connectivity index (χ1) is 10.5. The molecule has 2 aromatic carbocycles. The van der Waals surface area contributed by atoms with Gasteiger partial charge in [0, 0.05) is 12.0 Å². The minimum Gasteiger partial charge on any atom is -0.468 e. The molecule has 0 aliphatic rings. The number of halogens is 3. The van der Waals surface area contributed by atoms with E-state index < -0.39 is 11.7 Å². The molecule has 0 N–H and O–H groups in total. The lowest BCUT2D eigenvalue weighted by Gasteiger charge is -2.09. The minimum atomic E-state index is -4.35. The molecule has 0 spiro atoms. The molecule has 0 fully saturated rings. The molecule has 0 aliphatic heterocycles. The zero-order valence-corrected chi connectivity index (χ0v) is 11.6. The summed E-state index contributed by atoms with van der Waals surface area (Å²) in [7, 11) is 0. The maximum atomic E-state index is 12.8. The van der Waals surface area contributed by atoms with E-state index in [0.717, 1.165) is 17.7 Å². The van der Waals surface area contributed by atoms with Crippen LogP contribution in [0.15, 0.2) is 71.3 Å². The van der Waals surface area contributed by atoms with Gasteiger partial charge in [0.15, 0.2) is 0 Å². The van der Waals surface area contributed by atoms with Crippen LogP contribution in [-0.4, -0.2) is 0 Å². The van der Waals surface area contributed by atoms with Crippen molar-refractivity contribution in [3.63, 3.8) is 0 Å². The molecular weight excluding hydrogens is 289 g/mol. The molecule has 1 aromatic heterocycles. The predicted molar refractivity (Wildman–Crippen MR) is 78.4 cm³/mol. The van der Waals surface area contributed by atoms with Crippen LogP contribution < -0.4 is 0 Å². The van der Waals surface area contributed by atoms with Crippen LogP contribution in [0.3, 0.4) is 0 Å². The molecule has 112 valence electrons. The quantitative estimate of drug-likeness (QED) is 0.617. The Morgan fingerprint density at radius 1 is 0.864 bits per heavy atom. The second-order valence-corrected chi connectivity index (χ2v) is 5.00. The third-order valence-corrected chi connectivity index (χ3v) is 3.45. The van der Waals surface area contributed by atoms with Crippen LogP contribution in [-0.2, 0) is 12.6 Å². The average Bonchev–Trinajstić information content (AvgIpc) is 2.96. The summed E-state index contributed by atoms with van der Waals surface area (Å²) < 4.78 is 44.0. The Hall–Kier alpha value is -2.49. The standard InChI is InChI=1S/C18H13F3O/c19-18(20,21)15-8-4-7-14(12-15)16-9-10-22-17(16)11-13-5-2-1-3-6-13/h1-10,12H,11H2.